The molecule has 0 spiro atoms. The van der Waals surface area contributed by atoms with Crippen LogP contribution in [0.25, 0.3) is 0 Å². The van der Waals surface area contributed by atoms with E-state index in [1.165, 1.54) is 23.8 Å². The monoisotopic (exact) mass is 415 g/mol. The third kappa shape index (κ3) is 5.36. The van der Waals surface area contributed by atoms with Gasteiger partial charge < -0.3 is 19.4 Å². The first-order valence-electron chi connectivity index (χ1n) is 9.90. The summed E-state index contributed by atoms with van der Waals surface area (Å²) < 4.78 is 10.3. The highest BCUT2D eigenvalue weighted by molar-refractivity contribution is 7.80. The van der Waals surface area contributed by atoms with Gasteiger partial charge in [-0.15, -0.1) is 0 Å². The molecule has 1 saturated heterocycles. The highest BCUT2D eigenvalue weighted by Gasteiger charge is 2.19. The second-order valence-corrected chi connectivity index (χ2v) is 7.94. The van der Waals surface area contributed by atoms with E-state index >= 15 is 0 Å². The Labute approximate surface area is 177 Å². The van der Waals surface area contributed by atoms with Gasteiger partial charge in [0.2, 0.25) is 5.76 Å². The highest BCUT2D eigenvalue weighted by atomic mass is 32.1. The van der Waals surface area contributed by atoms with E-state index in [-0.39, 0.29) is 5.76 Å². The van der Waals surface area contributed by atoms with Crippen molar-refractivity contribution in [1.82, 2.24) is 9.80 Å². The van der Waals surface area contributed by atoms with Gasteiger partial charge in [-0.1, -0.05) is 6.07 Å². The molecule has 7 heteroatoms. The molecule has 1 aromatic heterocycles. The summed E-state index contributed by atoms with van der Waals surface area (Å²) in [5, 5.41) is 4.20. The number of nitrogens with zero attached hydrogens (tertiary/aromatic N) is 2. The van der Waals surface area contributed by atoms with Gasteiger partial charge in [-0.25, -0.2) is 4.79 Å². The molecule has 2 heterocycles. The summed E-state index contributed by atoms with van der Waals surface area (Å²) in [4.78, 5) is 16.1. The van der Waals surface area contributed by atoms with Crippen LogP contribution in [0.2, 0.25) is 0 Å². The smallest absolute Gasteiger partial charge is 0.373 e. The number of nitrogens with one attached hydrogen (secondary N) is 1. The Morgan fingerprint density at radius 1 is 1.10 bits per heavy atom. The number of furan rings is 1. The third-order valence-corrected chi connectivity index (χ3v) is 5.75. The van der Waals surface area contributed by atoms with Crippen molar-refractivity contribution in [2.45, 2.75) is 33.7 Å². The zero-order valence-corrected chi connectivity index (χ0v) is 18.4. The molecular weight excluding hydrogens is 386 g/mol. The van der Waals surface area contributed by atoms with Crippen LogP contribution in [-0.4, -0.2) is 54.2 Å². The largest absolute Gasteiger partial charge is 0.463 e. The average Bonchev–Trinajstić information content (AvgIpc) is 3.03. The van der Waals surface area contributed by atoms with Crippen LogP contribution in [0.5, 0.6) is 0 Å². The summed E-state index contributed by atoms with van der Waals surface area (Å²) in [5.41, 5.74) is 4.82. The summed E-state index contributed by atoms with van der Waals surface area (Å²) in [6.45, 7) is 10.6. The molecule has 6 nitrogen and oxygen atoms in total. The molecule has 0 atom stereocenters. The number of ether oxygens (including phenoxy) is 1. The second-order valence-electron chi connectivity index (χ2n) is 7.56. The maximum Gasteiger partial charge on any atom is 0.373 e. The van der Waals surface area contributed by atoms with Gasteiger partial charge in [-0.2, -0.15) is 0 Å². The number of hydrogen-bond donors (Lipinski definition) is 1. The topological polar surface area (TPSA) is 58.0 Å². The summed E-state index contributed by atoms with van der Waals surface area (Å²) >= 11 is 5.69. The van der Waals surface area contributed by atoms with E-state index in [9.17, 15) is 4.79 Å². The quantitative estimate of drug-likeness (QED) is 0.600. The van der Waals surface area contributed by atoms with Crippen molar-refractivity contribution in [2.24, 2.45) is 0 Å². The van der Waals surface area contributed by atoms with Crippen molar-refractivity contribution in [1.29, 1.82) is 0 Å². The van der Waals surface area contributed by atoms with Gasteiger partial charge in [-0.05, 0) is 74.3 Å². The van der Waals surface area contributed by atoms with Crippen LogP contribution in [0.1, 0.15) is 39.4 Å². The first-order valence-corrected chi connectivity index (χ1v) is 10.3. The molecule has 0 bridgehead atoms. The molecule has 1 aromatic carbocycles. The Kier molecular flexibility index (Phi) is 6.92. The lowest BCUT2D eigenvalue weighted by Crippen LogP contribution is -2.38. The Balaban J connectivity index is 1.56. The van der Waals surface area contributed by atoms with Gasteiger partial charge in [0.05, 0.1) is 13.7 Å². The number of esters is 1. The Bertz CT molecular complexity index is 893. The fraction of sp³-hybridized carbons (Fsp3) is 0.455. The molecule has 1 aliphatic rings. The van der Waals surface area contributed by atoms with Crippen molar-refractivity contribution in [3.8, 4) is 0 Å². The minimum Gasteiger partial charge on any atom is -0.463 e. The SMILES string of the molecule is COC(=O)c1ccc(CN2CCCN(C(=S)Nc3cc(C)c(C)cc3C)CC2)o1. The van der Waals surface area contributed by atoms with E-state index in [1.54, 1.807) is 6.07 Å². The molecule has 29 heavy (non-hydrogen) atoms. The number of aryl methyl sites for hydroxylation is 3. The first kappa shape index (κ1) is 21.3. The van der Waals surface area contributed by atoms with Gasteiger partial charge >= 0.3 is 5.97 Å². The van der Waals surface area contributed by atoms with E-state index in [2.05, 4.69) is 48.0 Å². The van der Waals surface area contributed by atoms with Gasteiger partial charge in [-0.3, -0.25) is 4.90 Å². The van der Waals surface area contributed by atoms with Gasteiger partial charge in [0.25, 0.3) is 0 Å². The fourth-order valence-electron chi connectivity index (χ4n) is 3.52. The van der Waals surface area contributed by atoms with Gasteiger partial charge in [0.15, 0.2) is 5.11 Å². The van der Waals surface area contributed by atoms with Gasteiger partial charge in [0, 0.05) is 31.9 Å². The van der Waals surface area contributed by atoms with Gasteiger partial charge in [0.1, 0.15) is 5.76 Å². The standard InChI is InChI=1S/C22H29N3O3S/c1-15-12-17(3)19(13-16(15)2)23-22(29)25-9-5-8-24(10-11-25)14-18-6-7-20(28-18)21(26)27-4/h6-7,12-13H,5,8-11,14H2,1-4H3,(H,23,29). The lowest BCUT2D eigenvalue weighted by Gasteiger charge is -2.25. The Hall–Kier alpha value is -2.38. The number of hydrogen-bond acceptors (Lipinski definition) is 5. The van der Waals surface area contributed by atoms with Crippen molar-refractivity contribution in [3.63, 3.8) is 0 Å². The summed E-state index contributed by atoms with van der Waals surface area (Å²) in [6.07, 6.45) is 1.01. The molecule has 1 N–H and O–H groups in total. The number of anilines is 1. The van der Waals surface area contributed by atoms with E-state index in [4.69, 9.17) is 21.4 Å². The number of thiocarbonyl (C=S) groups is 1. The minimum atomic E-state index is -0.448. The molecule has 2 aromatic rings. The average molecular weight is 416 g/mol. The molecule has 156 valence electrons. The molecule has 0 unspecified atom stereocenters. The predicted octanol–water partition coefficient (Wildman–Crippen LogP) is 3.90. The van der Waals surface area contributed by atoms with E-state index in [1.807, 2.05) is 6.07 Å². The summed E-state index contributed by atoms with van der Waals surface area (Å²) in [7, 11) is 1.35. The second kappa shape index (κ2) is 9.41. The Morgan fingerprint density at radius 3 is 2.62 bits per heavy atom. The van der Waals surface area contributed by atoms with Crippen LogP contribution in [0.15, 0.2) is 28.7 Å². The molecule has 3 rings (SSSR count). The maximum absolute atomic E-state index is 11.5. The molecular formula is C22H29N3O3S. The number of carbonyl (C=O) groups is 1. The Morgan fingerprint density at radius 2 is 1.86 bits per heavy atom. The van der Waals surface area contributed by atoms with Crippen LogP contribution >= 0.6 is 12.2 Å². The van der Waals surface area contributed by atoms with E-state index in [0.717, 1.165) is 49.2 Å². The number of rotatable bonds is 4. The molecule has 0 aliphatic carbocycles. The van der Waals surface area contributed by atoms with Crippen LogP contribution < -0.4 is 5.32 Å². The van der Waals surface area contributed by atoms with Crippen molar-refractivity contribution in [2.75, 3.05) is 38.6 Å². The van der Waals surface area contributed by atoms with Crippen LogP contribution in [0, 0.1) is 20.8 Å². The number of methoxy groups -OCH3 is 1. The zero-order chi connectivity index (χ0) is 21.0. The lowest BCUT2D eigenvalue weighted by atomic mass is 10.1. The van der Waals surface area contributed by atoms with Crippen LogP contribution in [0.4, 0.5) is 5.69 Å². The highest BCUT2D eigenvalue weighted by Crippen LogP contribution is 2.21. The van der Waals surface area contributed by atoms with Crippen molar-refractivity contribution < 1.29 is 13.9 Å². The number of carbonyl (C=O) groups excluding carboxylic acids is 1. The van der Waals surface area contributed by atoms with E-state index < -0.39 is 5.97 Å². The number of benzene rings is 1. The normalized spacial score (nSPS) is 15.1. The van der Waals surface area contributed by atoms with Crippen molar-refractivity contribution in [3.05, 3.63) is 52.5 Å². The third-order valence-electron chi connectivity index (χ3n) is 5.39. The summed E-state index contributed by atoms with van der Waals surface area (Å²) in [5.74, 6) is 0.565. The molecule has 0 saturated carbocycles. The predicted molar refractivity (Wildman–Crippen MR) is 118 cm³/mol. The van der Waals surface area contributed by atoms with Crippen molar-refractivity contribution >= 4 is 29.0 Å². The summed E-state index contributed by atoms with van der Waals surface area (Å²) in [6, 6.07) is 7.85. The fourth-order valence-corrected chi connectivity index (χ4v) is 3.81. The maximum atomic E-state index is 11.5. The molecule has 0 radical (unpaired) electrons. The van der Waals surface area contributed by atoms with Crippen LogP contribution in [-0.2, 0) is 11.3 Å². The molecule has 1 aliphatic heterocycles. The zero-order valence-electron chi connectivity index (χ0n) is 17.6. The van der Waals surface area contributed by atoms with Crippen LogP contribution in [0.3, 0.4) is 0 Å². The first-order chi connectivity index (χ1) is 13.9. The lowest BCUT2D eigenvalue weighted by molar-refractivity contribution is 0.0561. The molecule has 1 fully saturated rings. The minimum absolute atomic E-state index is 0.244. The van der Waals surface area contributed by atoms with E-state index in [0.29, 0.717) is 6.54 Å². The molecule has 0 amide bonds.